The normalized spacial score (nSPS) is 10.2. The van der Waals surface area contributed by atoms with E-state index in [0.29, 0.717) is 11.8 Å². The van der Waals surface area contributed by atoms with E-state index in [9.17, 15) is 13.6 Å². The van der Waals surface area contributed by atoms with Crippen molar-refractivity contribution in [2.24, 2.45) is 0 Å². The molecule has 0 atom stereocenters. The fourth-order valence-electron chi connectivity index (χ4n) is 1.40. The van der Waals surface area contributed by atoms with Crippen molar-refractivity contribution < 1.29 is 18.3 Å². The average molecular weight is 299 g/mol. The number of ether oxygens (including phenoxy) is 1. The Morgan fingerprint density at radius 3 is 2.85 bits per heavy atom. The van der Waals surface area contributed by atoms with Gasteiger partial charge in [0.15, 0.2) is 23.3 Å². The van der Waals surface area contributed by atoms with Crippen molar-refractivity contribution in [1.82, 2.24) is 4.98 Å². The molecule has 4 nitrogen and oxygen atoms in total. The number of hydrogen-bond donors (Lipinski definition) is 1. The molecule has 0 bridgehead atoms. The van der Waals surface area contributed by atoms with Crippen LogP contribution in [0.1, 0.15) is 0 Å². The number of halogens is 3. The van der Waals surface area contributed by atoms with Crippen molar-refractivity contribution in [2.75, 3.05) is 11.9 Å². The third-order valence-electron chi connectivity index (χ3n) is 2.29. The molecule has 0 aliphatic carbocycles. The van der Waals surface area contributed by atoms with Crippen LogP contribution in [0.5, 0.6) is 5.75 Å². The Bertz CT molecular complexity index is 638. The lowest BCUT2D eigenvalue weighted by molar-refractivity contribution is -0.118. The summed E-state index contributed by atoms with van der Waals surface area (Å²) in [6.07, 6.45) is 1.47. The molecule has 2 rings (SSSR count). The molecular formula is C13H9ClF2N2O2. The summed E-state index contributed by atoms with van der Waals surface area (Å²) < 4.78 is 30.9. The Morgan fingerprint density at radius 2 is 2.15 bits per heavy atom. The first-order valence-corrected chi connectivity index (χ1v) is 5.92. The zero-order chi connectivity index (χ0) is 14.5. The van der Waals surface area contributed by atoms with Crippen molar-refractivity contribution in [3.8, 4) is 5.75 Å². The van der Waals surface area contributed by atoms with E-state index in [0.717, 1.165) is 12.1 Å². The number of carbonyl (C=O) groups excluding carboxylic acids is 1. The van der Waals surface area contributed by atoms with Gasteiger partial charge in [0.1, 0.15) is 5.82 Å². The maximum atomic E-state index is 13.3. The molecule has 1 heterocycles. The Kier molecular flexibility index (Phi) is 4.47. The predicted molar refractivity (Wildman–Crippen MR) is 69.7 cm³/mol. The summed E-state index contributed by atoms with van der Waals surface area (Å²) in [5, 5.41) is 2.59. The smallest absolute Gasteiger partial charge is 0.262 e. The van der Waals surface area contributed by atoms with E-state index >= 15 is 0 Å². The fourth-order valence-corrected chi connectivity index (χ4v) is 1.57. The van der Waals surface area contributed by atoms with E-state index in [-0.39, 0.29) is 10.9 Å². The fraction of sp³-hybridized carbons (Fsp3) is 0.0769. The first kappa shape index (κ1) is 14.2. The quantitative estimate of drug-likeness (QED) is 0.883. The summed E-state index contributed by atoms with van der Waals surface area (Å²) in [6.45, 7) is -0.437. The number of pyridine rings is 1. The van der Waals surface area contributed by atoms with Crippen LogP contribution in [0.4, 0.5) is 14.5 Å². The van der Waals surface area contributed by atoms with E-state index in [1.54, 1.807) is 12.1 Å². The number of carbonyl (C=O) groups is 1. The van der Waals surface area contributed by atoms with Gasteiger partial charge in [0, 0.05) is 12.3 Å². The molecule has 0 aliphatic heterocycles. The summed E-state index contributed by atoms with van der Waals surface area (Å²) >= 11 is 5.76. The van der Waals surface area contributed by atoms with Gasteiger partial charge < -0.3 is 10.1 Å². The molecule has 1 N–H and O–H groups in total. The largest absolute Gasteiger partial charge is 0.481 e. The molecule has 0 radical (unpaired) electrons. The molecule has 0 fully saturated rings. The highest BCUT2D eigenvalue weighted by molar-refractivity contribution is 6.32. The minimum absolute atomic E-state index is 0.133. The standard InChI is InChI=1S/C13H9ClF2N2O2/c14-13-10(2-1-5-17-13)18-12(19)7-20-11-4-3-8(15)6-9(11)16/h1-6H,7H2,(H,18,19). The molecule has 1 amide bonds. The molecule has 7 heteroatoms. The highest BCUT2D eigenvalue weighted by Gasteiger charge is 2.09. The summed E-state index contributed by atoms with van der Waals surface area (Å²) in [4.78, 5) is 15.4. The van der Waals surface area contributed by atoms with Gasteiger partial charge in [0.2, 0.25) is 0 Å². The summed E-state index contributed by atoms with van der Waals surface area (Å²) in [5.74, 6) is -2.35. The lowest BCUT2D eigenvalue weighted by atomic mass is 10.3. The molecule has 0 saturated carbocycles. The minimum atomic E-state index is -0.878. The Labute approximate surface area is 118 Å². The van der Waals surface area contributed by atoms with E-state index in [1.807, 2.05) is 0 Å². The molecule has 104 valence electrons. The van der Waals surface area contributed by atoms with Gasteiger partial charge >= 0.3 is 0 Å². The van der Waals surface area contributed by atoms with Crippen molar-refractivity contribution in [2.45, 2.75) is 0 Å². The van der Waals surface area contributed by atoms with Crippen LogP contribution < -0.4 is 10.1 Å². The van der Waals surface area contributed by atoms with Crippen LogP contribution in [0.3, 0.4) is 0 Å². The van der Waals surface area contributed by atoms with Crippen LogP contribution in [-0.2, 0) is 4.79 Å². The molecule has 1 aromatic heterocycles. The number of nitrogens with zero attached hydrogens (tertiary/aromatic N) is 1. The Morgan fingerprint density at radius 1 is 1.35 bits per heavy atom. The van der Waals surface area contributed by atoms with Gasteiger partial charge in [-0.15, -0.1) is 0 Å². The topological polar surface area (TPSA) is 51.2 Å². The van der Waals surface area contributed by atoms with Gasteiger partial charge in [-0.3, -0.25) is 4.79 Å². The second-order valence-corrected chi connectivity index (χ2v) is 4.11. The monoisotopic (exact) mass is 298 g/mol. The van der Waals surface area contributed by atoms with Crippen LogP contribution in [0.2, 0.25) is 5.15 Å². The van der Waals surface area contributed by atoms with Crippen molar-refractivity contribution in [1.29, 1.82) is 0 Å². The van der Waals surface area contributed by atoms with Crippen LogP contribution in [-0.4, -0.2) is 17.5 Å². The lowest BCUT2D eigenvalue weighted by Gasteiger charge is -2.08. The second kappa shape index (κ2) is 6.29. The molecule has 0 aliphatic rings. The maximum Gasteiger partial charge on any atom is 0.262 e. The molecule has 20 heavy (non-hydrogen) atoms. The SMILES string of the molecule is O=C(COc1ccc(F)cc1F)Nc1cccnc1Cl. The minimum Gasteiger partial charge on any atom is -0.481 e. The number of nitrogens with one attached hydrogen (secondary N) is 1. The van der Waals surface area contributed by atoms with Crippen LogP contribution in [0, 0.1) is 11.6 Å². The number of anilines is 1. The Hall–Kier alpha value is -2.21. The molecule has 1 aromatic carbocycles. The van der Waals surface area contributed by atoms with Crippen molar-refractivity contribution in [3.05, 3.63) is 53.3 Å². The van der Waals surface area contributed by atoms with E-state index < -0.39 is 24.1 Å². The molecule has 0 saturated heterocycles. The summed E-state index contributed by atoms with van der Waals surface area (Å²) in [7, 11) is 0. The van der Waals surface area contributed by atoms with Crippen molar-refractivity contribution >= 4 is 23.2 Å². The second-order valence-electron chi connectivity index (χ2n) is 3.75. The molecule has 2 aromatic rings. The first-order chi connectivity index (χ1) is 9.56. The van der Waals surface area contributed by atoms with Gasteiger partial charge in [-0.1, -0.05) is 11.6 Å². The van der Waals surface area contributed by atoms with E-state index in [1.165, 1.54) is 6.20 Å². The molecule has 0 unspecified atom stereocenters. The summed E-state index contributed by atoms with van der Waals surface area (Å²) in [6, 6.07) is 5.97. The zero-order valence-electron chi connectivity index (χ0n) is 10.1. The summed E-state index contributed by atoms with van der Waals surface area (Å²) in [5.41, 5.74) is 0.322. The molecular weight excluding hydrogens is 290 g/mol. The van der Waals surface area contributed by atoms with Crippen LogP contribution in [0.25, 0.3) is 0 Å². The number of aromatic nitrogens is 1. The van der Waals surface area contributed by atoms with Gasteiger partial charge in [0.05, 0.1) is 5.69 Å². The predicted octanol–water partition coefficient (Wildman–Crippen LogP) is 3.03. The van der Waals surface area contributed by atoms with Crippen LogP contribution in [0.15, 0.2) is 36.5 Å². The number of amides is 1. The number of benzene rings is 1. The highest BCUT2D eigenvalue weighted by Crippen LogP contribution is 2.19. The number of hydrogen-bond acceptors (Lipinski definition) is 3. The maximum absolute atomic E-state index is 13.3. The molecule has 0 spiro atoms. The van der Waals surface area contributed by atoms with Crippen molar-refractivity contribution in [3.63, 3.8) is 0 Å². The van der Waals surface area contributed by atoms with Gasteiger partial charge in [0.25, 0.3) is 5.91 Å². The van der Waals surface area contributed by atoms with Gasteiger partial charge in [-0.2, -0.15) is 0 Å². The van der Waals surface area contributed by atoms with Crippen LogP contribution >= 0.6 is 11.6 Å². The average Bonchev–Trinajstić information content (AvgIpc) is 2.40. The lowest BCUT2D eigenvalue weighted by Crippen LogP contribution is -2.20. The van der Waals surface area contributed by atoms with Gasteiger partial charge in [-0.25, -0.2) is 13.8 Å². The highest BCUT2D eigenvalue weighted by atomic mass is 35.5. The first-order valence-electron chi connectivity index (χ1n) is 5.54. The third kappa shape index (κ3) is 3.64. The van der Waals surface area contributed by atoms with E-state index in [4.69, 9.17) is 16.3 Å². The van der Waals surface area contributed by atoms with Gasteiger partial charge in [-0.05, 0) is 24.3 Å². The number of rotatable bonds is 4. The Balaban J connectivity index is 1.94. The zero-order valence-corrected chi connectivity index (χ0v) is 10.8. The third-order valence-corrected chi connectivity index (χ3v) is 2.59. The van der Waals surface area contributed by atoms with E-state index in [2.05, 4.69) is 10.3 Å².